The van der Waals surface area contributed by atoms with Crippen molar-refractivity contribution < 1.29 is 4.79 Å². The number of nitrogens with one attached hydrogen (secondary N) is 2. The number of hydrogen-bond donors (Lipinski definition) is 3. The number of aryl methyl sites for hydroxylation is 1. The molecular formula is C13H15N7O. The maximum absolute atomic E-state index is 11.8. The fraction of sp³-hybridized carbons (Fsp3) is 0.231. The molecule has 0 unspecified atom stereocenters. The van der Waals surface area contributed by atoms with E-state index in [1.165, 1.54) is 0 Å². The summed E-state index contributed by atoms with van der Waals surface area (Å²) < 4.78 is 2.06. The molecule has 1 amide bonds. The first kappa shape index (κ1) is 13.1. The molecule has 0 aliphatic heterocycles. The number of anilines is 1. The summed E-state index contributed by atoms with van der Waals surface area (Å²) in [7, 11) is 0. The van der Waals surface area contributed by atoms with Crippen LogP contribution in [0.15, 0.2) is 24.3 Å². The first-order chi connectivity index (χ1) is 10.1. The molecule has 0 aliphatic carbocycles. The zero-order valence-corrected chi connectivity index (χ0v) is 11.5. The van der Waals surface area contributed by atoms with Crippen LogP contribution in [0.1, 0.15) is 16.4 Å². The van der Waals surface area contributed by atoms with Gasteiger partial charge in [0.1, 0.15) is 5.82 Å². The second kappa shape index (κ2) is 5.23. The molecule has 21 heavy (non-hydrogen) atoms. The summed E-state index contributed by atoms with van der Waals surface area (Å²) in [4.78, 5) is 20.1. The van der Waals surface area contributed by atoms with Gasteiger partial charge in [0.15, 0.2) is 0 Å². The van der Waals surface area contributed by atoms with Gasteiger partial charge in [0.25, 0.3) is 5.91 Å². The molecule has 8 nitrogen and oxygen atoms in total. The number of carbonyl (C=O) groups is 1. The maximum atomic E-state index is 11.8. The molecular weight excluding hydrogens is 270 g/mol. The van der Waals surface area contributed by atoms with E-state index in [0.717, 1.165) is 16.9 Å². The number of hydrogen-bond acceptors (Lipinski definition) is 5. The standard InChI is InChI=1S/C13H15N7O/c1-8-16-9-4-2-3-5-10(9)20(8)7-6-15-12(21)11-17-13(14)19-18-11/h2-5H,6-7H2,1H3,(H,15,21)(H3,14,17,18,19). The van der Waals surface area contributed by atoms with Crippen molar-refractivity contribution >= 4 is 22.9 Å². The summed E-state index contributed by atoms with van der Waals surface area (Å²) in [5.74, 6) is 0.743. The van der Waals surface area contributed by atoms with Crippen LogP contribution in [0, 0.1) is 6.92 Å². The number of aromatic amines is 1. The van der Waals surface area contributed by atoms with Gasteiger partial charge in [0, 0.05) is 13.1 Å². The highest BCUT2D eigenvalue weighted by atomic mass is 16.2. The summed E-state index contributed by atoms with van der Waals surface area (Å²) in [6.45, 7) is 3.03. The second-order valence-corrected chi connectivity index (χ2v) is 4.60. The van der Waals surface area contributed by atoms with E-state index in [4.69, 9.17) is 5.73 Å². The van der Waals surface area contributed by atoms with Gasteiger partial charge >= 0.3 is 0 Å². The number of fused-ring (bicyclic) bond motifs is 1. The van der Waals surface area contributed by atoms with Crippen LogP contribution in [0.2, 0.25) is 0 Å². The smallest absolute Gasteiger partial charge is 0.288 e. The lowest BCUT2D eigenvalue weighted by atomic mass is 10.3. The number of H-pyrrole nitrogens is 1. The Kier molecular flexibility index (Phi) is 3.27. The molecule has 0 bridgehead atoms. The van der Waals surface area contributed by atoms with Crippen molar-refractivity contribution in [3.05, 3.63) is 35.9 Å². The van der Waals surface area contributed by atoms with Crippen LogP contribution in [-0.2, 0) is 6.54 Å². The molecule has 2 aromatic heterocycles. The van der Waals surface area contributed by atoms with Crippen LogP contribution in [0.4, 0.5) is 5.95 Å². The van der Waals surface area contributed by atoms with E-state index in [9.17, 15) is 4.79 Å². The highest BCUT2D eigenvalue weighted by Gasteiger charge is 2.11. The highest BCUT2D eigenvalue weighted by Crippen LogP contribution is 2.14. The van der Waals surface area contributed by atoms with E-state index in [1.807, 2.05) is 31.2 Å². The highest BCUT2D eigenvalue weighted by molar-refractivity contribution is 5.90. The van der Waals surface area contributed by atoms with Gasteiger partial charge in [-0.3, -0.25) is 9.89 Å². The second-order valence-electron chi connectivity index (χ2n) is 4.60. The summed E-state index contributed by atoms with van der Waals surface area (Å²) in [5, 5.41) is 8.85. The Labute approximate surface area is 120 Å². The normalized spacial score (nSPS) is 10.9. The summed E-state index contributed by atoms with van der Waals surface area (Å²) >= 11 is 0. The summed E-state index contributed by atoms with van der Waals surface area (Å²) in [5.41, 5.74) is 7.36. The fourth-order valence-electron chi connectivity index (χ4n) is 2.22. The van der Waals surface area contributed by atoms with E-state index >= 15 is 0 Å². The Balaban J connectivity index is 1.67. The van der Waals surface area contributed by atoms with Crippen molar-refractivity contribution in [3.8, 4) is 0 Å². The Bertz CT molecular complexity index is 789. The SMILES string of the molecule is Cc1nc2ccccc2n1CCNC(=O)c1nc(N)n[nH]1. The van der Waals surface area contributed by atoms with Gasteiger partial charge in [-0.15, -0.1) is 5.10 Å². The van der Waals surface area contributed by atoms with Crippen molar-refractivity contribution in [3.63, 3.8) is 0 Å². The summed E-state index contributed by atoms with van der Waals surface area (Å²) in [6.07, 6.45) is 0. The van der Waals surface area contributed by atoms with Gasteiger partial charge in [-0.1, -0.05) is 12.1 Å². The van der Waals surface area contributed by atoms with Gasteiger partial charge < -0.3 is 15.6 Å². The van der Waals surface area contributed by atoms with Crippen molar-refractivity contribution in [1.82, 2.24) is 30.0 Å². The average molecular weight is 285 g/mol. The molecule has 108 valence electrons. The van der Waals surface area contributed by atoms with E-state index in [1.54, 1.807) is 0 Å². The third-order valence-corrected chi connectivity index (χ3v) is 3.18. The van der Waals surface area contributed by atoms with Crippen LogP contribution >= 0.6 is 0 Å². The number of para-hydroxylation sites is 2. The minimum atomic E-state index is -0.332. The largest absolute Gasteiger partial charge is 0.366 e. The van der Waals surface area contributed by atoms with Gasteiger partial charge in [-0.2, -0.15) is 4.98 Å². The van der Waals surface area contributed by atoms with Crippen molar-refractivity contribution in [2.45, 2.75) is 13.5 Å². The number of nitrogen functional groups attached to an aromatic ring is 1. The lowest BCUT2D eigenvalue weighted by Crippen LogP contribution is -2.28. The number of nitrogens with zero attached hydrogens (tertiary/aromatic N) is 4. The van der Waals surface area contributed by atoms with Crippen LogP contribution in [0.3, 0.4) is 0 Å². The lowest BCUT2D eigenvalue weighted by molar-refractivity contribution is 0.0942. The molecule has 0 aliphatic rings. The third-order valence-electron chi connectivity index (χ3n) is 3.18. The quantitative estimate of drug-likeness (QED) is 0.645. The molecule has 8 heteroatoms. The molecule has 0 saturated carbocycles. The van der Waals surface area contributed by atoms with Gasteiger partial charge in [0.2, 0.25) is 11.8 Å². The van der Waals surface area contributed by atoms with Crippen molar-refractivity contribution in [2.75, 3.05) is 12.3 Å². The number of carbonyl (C=O) groups excluding carboxylic acids is 1. The first-order valence-corrected chi connectivity index (χ1v) is 6.53. The summed E-state index contributed by atoms with van der Waals surface area (Å²) in [6, 6.07) is 7.90. The molecule has 2 heterocycles. The van der Waals surface area contributed by atoms with Gasteiger partial charge in [-0.25, -0.2) is 4.98 Å². The third kappa shape index (κ3) is 2.55. The predicted octanol–water partition coefficient (Wildman–Crippen LogP) is 0.475. The molecule has 0 radical (unpaired) electrons. The number of nitrogens with two attached hydrogens (primary N) is 1. The molecule has 3 aromatic rings. The van der Waals surface area contributed by atoms with E-state index < -0.39 is 0 Å². The minimum Gasteiger partial charge on any atom is -0.366 e. The molecule has 0 spiro atoms. The maximum Gasteiger partial charge on any atom is 0.288 e. The monoisotopic (exact) mass is 285 g/mol. The average Bonchev–Trinajstić information content (AvgIpc) is 3.03. The molecule has 0 saturated heterocycles. The van der Waals surface area contributed by atoms with Crippen LogP contribution in [-0.4, -0.2) is 37.2 Å². The topological polar surface area (TPSA) is 115 Å². The number of imidazole rings is 1. The lowest BCUT2D eigenvalue weighted by Gasteiger charge is -2.07. The fourth-order valence-corrected chi connectivity index (χ4v) is 2.22. The number of benzene rings is 1. The number of aromatic nitrogens is 5. The molecule has 0 atom stereocenters. The Morgan fingerprint density at radius 1 is 1.38 bits per heavy atom. The van der Waals surface area contributed by atoms with Crippen LogP contribution in [0.25, 0.3) is 11.0 Å². The van der Waals surface area contributed by atoms with E-state index in [0.29, 0.717) is 13.1 Å². The van der Waals surface area contributed by atoms with E-state index in [2.05, 4.69) is 30.0 Å². The zero-order valence-electron chi connectivity index (χ0n) is 11.5. The van der Waals surface area contributed by atoms with Crippen LogP contribution < -0.4 is 11.1 Å². The van der Waals surface area contributed by atoms with E-state index in [-0.39, 0.29) is 17.7 Å². The zero-order chi connectivity index (χ0) is 14.8. The van der Waals surface area contributed by atoms with Gasteiger partial charge in [-0.05, 0) is 19.1 Å². The first-order valence-electron chi connectivity index (χ1n) is 6.53. The van der Waals surface area contributed by atoms with Crippen LogP contribution in [0.5, 0.6) is 0 Å². The molecule has 0 fully saturated rings. The van der Waals surface area contributed by atoms with Crippen molar-refractivity contribution in [2.24, 2.45) is 0 Å². The number of rotatable bonds is 4. The van der Waals surface area contributed by atoms with Crippen molar-refractivity contribution in [1.29, 1.82) is 0 Å². The van der Waals surface area contributed by atoms with Gasteiger partial charge in [0.05, 0.1) is 11.0 Å². The molecule has 1 aromatic carbocycles. The molecule has 4 N–H and O–H groups in total. The Morgan fingerprint density at radius 3 is 2.95 bits per heavy atom. The Hall–Kier alpha value is -2.90. The minimum absolute atomic E-state index is 0.0524. The Morgan fingerprint density at radius 2 is 2.19 bits per heavy atom. The predicted molar refractivity (Wildman–Crippen MR) is 77.6 cm³/mol. The number of amides is 1. The molecule has 3 rings (SSSR count).